The summed E-state index contributed by atoms with van der Waals surface area (Å²) < 4.78 is 7.69. The topological polar surface area (TPSA) is 82.7 Å². The summed E-state index contributed by atoms with van der Waals surface area (Å²) >= 11 is 0. The Kier molecular flexibility index (Phi) is 5.60. The minimum absolute atomic E-state index is 0.0304. The van der Waals surface area contributed by atoms with Gasteiger partial charge >= 0.3 is 0 Å². The van der Waals surface area contributed by atoms with Crippen molar-refractivity contribution in [3.8, 4) is 6.07 Å². The van der Waals surface area contributed by atoms with E-state index in [9.17, 15) is 10.1 Å². The summed E-state index contributed by atoms with van der Waals surface area (Å²) in [6.45, 7) is 5.32. The van der Waals surface area contributed by atoms with Crippen molar-refractivity contribution in [2.45, 2.75) is 44.8 Å². The van der Waals surface area contributed by atoms with Crippen molar-refractivity contribution >= 4 is 17.0 Å². The second-order valence-corrected chi connectivity index (χ2v) is 7.90. The summed E-state index contributed by atoms with van der Waals surface area (Å²) in [6, 6.07) is 7.81. The molecule has 2 saturated heterocycles. The van der Waals surface area contributed by atoms with E-state index in [1.54, 1.807) is 16.8 Å². The van der Waals surface area contributed by atoms with Crippen LogP contribution in [0.1, 0.15) is 38.3 Å². The maximum atomic E-state index is 13.0. The molecule has 2 aromatic heterocycles. The number of carbonyl (C=O) groups is 1. The van der Waals surface area contributed by atoms with E-state index in [1.807, 2.05) is 19.1 Å². The fourth-order valence-electron chi connectivity index (χ4n) is 4.39. The standard InChI is InChI=1S/C21H27N5O2/c1-15-13-25(18-5-4-17(12-22)26-19(18)7-10-24-26)14-21(28-15)20(27)11-16-3-2-8-23-9-6-16/h4-5,7,10,15-16,21,23H,2-3,6,8-9,11,13-14H2,1H3/t15-,16?,21-/m1/s1. The molecule has 2 fully saturated rings. The number of hydrogen-bond acceptors (Lipinski definition) is 6. The maximum Gasteiger partial charge on any atom is 0.163 e. The predicted molar refractivity (Wildman–Crippen MR) is 106 cm³/mol. The molecule has 0 radical (unpaired) electrons. The van der Waals surface area contributed by atoms with Crippen LogP contribution in [0, 0.1) is 17.2 Å². The lowest BCUT2D eigenvalue weighted by atomic mass is 9.92. The number of hydrogen-bond donors (Lipinski definition) is 1. The Morgan fingerprint density at radius 1 is 1.32 bits per heavy atom. The molecule has 2 aliphatic heterocycles. The first-order chi connectivity index (χ1) is 13.7. The van der Waals surface area contributed by atoms with Gasteiger partial charge in [-0.05, 0) is 63.4 Å². The SMILES string of the molecule is C[C@@H]1CN(c2ccc(C#N)n3nccc23)C[C@H](C(=O)CC2CCCNCC2)O1. The molecular formula is C21H27N5O2. The van der Waals surface area contributed by atoms with E-state index in [4.69, 9.17) is 4.74 Å². The minimum atomic E-state index is -0.404. The number of Topliss-reactive ketones (excluding diaryl/α,β-unsaturated/α-hetero) is 1. The summed E-state index contributed by atoms with van der Waals surface area (Å²) in [6.07, 6.45) is 5.17. The summed E-state index contributed by atoms with van der Waals surface area (Å²) in [5, 5.41) is 17.0. The van der Waals surface area contributed by atoms with Crippen molar-refractivity contribution in [3.05, 3.63) is 30.1 Å². The van der Waals surface area contributed by atoms with Crippen LogP contribution in [-0.2, 0) is 9.53 Å². The average molecular weight is 381 g/mol. The average Bonchev–Trinajstić information content (AvgIpc) is 3.05. The zero-order valence-electron chi connectivity index (χ0n) is 16.3. The fourth-order valence-corrected chi connectivity index (χ4v) is 4.39. The third-order valence-corrected chi connectivity index (χ3v) is 5.79. The molecule has 0 aliphatic carbocycles. The van der Waals surface area contributed by atoms with E-state index in [2.05, 4.69) is 21.4 Å². The van der Waals surface area contributed by atoms with E-state index in [-0.39, 0.29) is 11.9 Å². The Morgan fingerprint density at radius 3 is 3.07 bits per heavy atom. The van der Waals surface area contributed by atoms with Crippen molar-refractivity contribution in [2.75, 3.05) is 31.1 Å². The van der Waals surface area contributed by atoms with Gasteiger partial charge in [-0.15, -0.1) is 0 Å². The summed E-state index contributed by atoms with van der Waals surface area (Å²) in [5.74, 6) is 0.662. The van der Waals surface area contributed by atoms with Crippen LogP contribution in [0.25, 0.3) is 5.52 Å². The van der Waals surface area contributed by atoms with Crippen LogP contribution >= 0.6 is 0 Å². The number of ether oxygens (including phenoxy) is 1. The van der Waals surface area contributed by atoms with E-state index < -0.39 is 6.10 Å². The van der Waals surface area contributed by atoms with E-state index in [1.165, 1.54) is 0 Å². The highest BCUT2D eigenvalue weighted by atomic mass is 16.5. The zero-order chi connectivity index (χ0) is 19.5. The Morgan fingerprint density at radius 2 is 2.21 bits per heavy atom. The van der Waals surface area contributed by atoms with Gasteiger partial charge in [-0.2, -0.15) is 10.4 Å². The smallest absolute Gasteiger partial charge is 0.163 e. The van der Waals surface area contributed by atoms with Crippen LogP contribution in [0.15, 0.2) is 24.4 Å². The van der Waals surface area contributed by atoms with Crippen LogP contribution < -0.4 is 10.2 Å². The number of nitrogens with one attached hydrogen (secondary N) is 1. The lowest BCUT2D eigenvalue weighted by Gasteiger charge is -2.38. The van der Waals surface area contributed by atoms with Gasteiger partial charge < -0.3 is 15.0 Å². The van der Waals surface area contributed by atoms with Crippen LogP contribution in [0.4, 0.5) is 5.69 Å². The Bertz CT molecular complexity index is 879. The Labute approximate surface area is 165 Å². The van der Waals surface area contributed by atoms with Gasteiger partial charge in [-0.25, -0.2) is 4.52 Å². The molecule has 1 unspecified atom stereocenters. The molecular weight excluding hydrogens is 354 g/mol. The van der Waals surface area contributed by atoms with Crippen LogP contribution in [0.5, 0.6) is 0 Å². The molecule has 0 spiro atoms. The monoisotopic (exact) mass is 381 g/mol. The number of morpholine rings is 1. The second kappa shape index (κ2) is 8.29. The Hall–Kier alpha value is -2.43. The third-order valence-electron chi connectivity index (χ3n) is 5.79. The molecule has 28 heavy (non-hydrogen) atoms. The Balaban J connectivity index is 1.51. The lowest BCUT2D eigenvalue weighted by Crippen LogP contribution is -2.50. The molecule has 7 heteroatoms. The van der Waals surface area contributed by atoms with Crippen molar-refractivity contribution in [3.63, 3.8) is 0 Å². The first-order valence-corrected chi connectivity index (χ1v) is 10.2. The summed E-state index contributed by atoms with van der Waals surface area (Å²) in [5.41, 5.74) is 2.37. The van der Waals surface area contributed by atoms with Crippen LogP contribution in [-0.4, -0.2) is 53.8 Å². The van der Waals surface area contributed by atoms with Gasteiger partial charge in [0.05, 0.1) is 30.0 Å². The highest BCUT2D eigenvalue weighted by molar-refractivity contribution is 5.85. The zero-order valence-corrected chi connectivity index (χ0v) is 16.3. The summed E-state index contributed by atoms with van der Waals surface area (Å²) in [7, 11) is 0. The van der Waals surface area contributed by atoms with Crippen molar-refractivity contribution < 1.29 is 9.53 Å². The largest absolute Gasteiger partial charge is 0.364 e. The lowest BCUT2D eigenvalue weighted by molar-refractivity contribution is -0.136. The number of fused-ring (bicyclic) bond motifs is 1. The molecule has 3 atom stereocenters. The van der Waals surface area contributed by atoms with Gasteiger partial charge in [0.25, 0.3) is 0 Å². The highest BCUT2D eigenvalue weighted by Crippen LogP contribution is 2.28. The third kappa shape index (κ3) is 3.89. The number of pyridine rings is 1. The molecule has 148 valence electrons. The van der Waals surface area contributed by atoms with Gasteiger partial charge in [0.2, 0.25) is 0 Å². The number of aromatic nitrogens is 2. The number of rotatable bonds is 4. The van der Waals surface area contributed by atoms with Crippen molar-refractivity contribution in [1.29, 1.82) is 5.26 Å². The first-order valence-electron chi connectivity index (χ1n) is 10.2. The van der Waals surface area contributed by atoms with Gasteiger partial charge in [0.15, 0.2) is 5.78 Å². The van der Waals surface area contributed by atoms with Crippen LogP contribution in [0.2, 0.25) is 0 Å². The molecule has 4 rings (SSSR count). The number of nitrogens with zero attached hydrogens (tertiary/aromatic N) is 4. The molecule has 0 saturated carbocycles. The summed E-state index contributed by atoms with van der Waals surface area (Å²) in [4.78, 5) is 15.2. The van der Waals surface area contributed by atoms with E-state index in [0.29, 0.717) is 31.1 Å². The van der Waals surface area contributed by atoms with Gasteiger partial charge in [0, 0.05) is 13.0 Å². The highest BCUT2D eigenvalue weighted by Gasteiger charge is 2.32. The normalized spacial score (nSPS) is 26.0. The van der Waals surface area contributed by atoms with Gasteiger partial charge in [-0.1, -0.05) is 0 Å². The number of ketones is 1. The molecule has 0 aromatic carbocycles. The molecule has 0 amide bonds. The van der Waals surface area contributed by atoms with Crippen molar-refractivity contribution in [2.24, 2.45) is 5.92 Å². The number of nitriles is 1. The second-order valence-electron chi connectivity index (χ2n) is 7.90. The first kappa shape index (κ1) is 18.9. The van der Waals surface area contributed by atoms with E-state index >= 15 is 0 Å². The van der Waals surface area contributed by atoms with Crippen LogP contribution in [0.3, 0.4) is 0 Å². The minimum Gasteiger partial charge on any atom is -0.364 e. The van der Waals surface area contributed by atoms with Gasteiger partial charge in [0.1, 0.15) is 17.9 Å². The quantitative estimate of drug-likeness (QED) is 0.874. The molecule has 0 bridgehead atoms. The predicted octanol–water partition coefficient (Wildman–Crippen LogP) is 2.15. The number of anilines is 1. The molecule has 4 heterocycles. The molecule has 1 N–H and O–H groups in total. The van der Waals surface area contributed by atoms with E-state index in [0.717, 1.165) is 43.6 Å². The maximum absolute atomic E-state index is 13.0. The molecule has 7 nitrogen and oxygen atoms in total. The molecule has 2 aliphatic rings. The number of carbonyl (C=O) groups excluding carboxylic acids is 1. The fraction of sp³-hybridized carbons (Fsp3) is 0.571. The molecule has 2 aromatic rings. The van der Waals surface area contributed by atoms with Crippen molar-refractivity contribution in [1.82, 2.24) is 14.9 Å². The van der Waals surface area contributed by atoms with Gasteiger partial charge in [-0.3, -0.25) is 4.79 Å².